The van der Waals surface area contributed by atoms with Gasteiger partial charge in [-0.15, -0.1) is 0 Å². The topological polar surface area (TPSA) is 77.6 Å². The standard InChI is InChI=1S/C18H11F2N5O/c1-10-16(20)14(12-5-13(19)9-22-8-12)6-15(23-10)17-24-18(26-25-17)11-3-2-4-21-7-11/h2-9H,1H3. The van der Waals surface area contributed by atoms with Gasteiger partial charge < -0.3 is 4.52 Å². The van der Waals surface area contributed by atoms with Crippen LogP contribution >= 0.6 is 0 Å². The minimum atomic E-state index is -0.559. The summed E-state index contributed by atoms with van der Waals surface area (Å²) in [4.78, 5) is 16.2. The van der Waals surface area contributed by atoms with Crippen molar-refractivity contribution in [3.8, 4) is 34.1 Å². The molecule has 0 atom stereocenters. The Kier molecular flexibility index (Phi) is 3.92. The van der Waals surface area contributed by atoms with Crippen LogP contribution in [0.2, 0.25) is 0 Å². The molecule has 0 bridgehead atoms. The van der Waals surface area contributed by atoms with Crippen molar-refractivity contribution in [2.24, 2.45) is 0 Å². The number of aryl methyl sites for hydroxylation is 1. The van der Waals surface area contributed by atoms with Gasteiger partial charge in [-0.05, 0) is 31.2 Å². The molecule has 0 saturated heterocycles. The highest BCUT2D eigenvalue weighted by atomic mass is 19.1. The van der Waals surface area contributed by atoms with Crippen LogP contribution < -0.4 is 0 Å². The SMILES string of the molecule is Cc1nc(-c2noc(-c3cccnc3)n2)cc(-c2cncc(F)c2)c1F. The Labute approximate surface area is 146 Å². The highest BCUT2D eigenvalue weighted by Crippen LogP contribution is 2.29. The van der Waals surface area contributed by atoms with E-state index in [0.29, 0.717) is 16.8 Å². The first kappa shape index (κ1) is 15.9. The number of hydrogen-bond donors (Lipinski definition) is 0. The van der Waals surface area contributed by atoms with Crippen LogP contribution in [0.5, 0.6) is 0 Å². The molecule has 26 heavy (non-hydrogen) atoms. The van der Waals surface area contributed by atoms with Gasteiger partial charge in [-0.25, -0.2) is 13.8 Å². The van der Waals surface area contributed by atoms with E-state index in [1.165, 1.54) is 25.3 Å². The number of rotatable bonds is 3. The van der Waals surface area contributed by atoms with Gasteiger partial charge in [0.25, 0.3) is 5.89 Å². The van der Waals surface area contributed by atoms with Crippen molar-refractivity contribution in [1.29, 1.82) is 0 Å². The largest absolute Gasteiger partial charge is 0.333 e. The summed E-state index contributed by atoms with van der Waals surface area (Å²) in [5.41, 5.74) is 1.55. The summed E-state index contributed by atoms with van der Waals surface area (Å²) in [6.45, 7) is 1.51. The van der Waals surface area contributed by atoms with E-state index in [0.717, 1.165) is 6.20 Å². The van der Waals surface area contributed by atoms with Crippen LogP contribution in [0.1, 0.15) is 5.69 Å². The fourth-order valence-corrected chi connectivity index (χ4v) is 2.47. The van der Waals surface area contributed by atoms with E-state index in [1.807, 2.05) is 0 Å². The zero-order chi connectivity index (χ0) is 18.1. The van der Waals surface area contributed by atoms with Crippen LogP contribution in [0.15, 0.2) is 53.6 Å². The fraction of sp³-hybridized carbons (Fsp3) is 0.0556. The molecular weight excluding hydrogens is 340 g/mol. The lowest BCUT2D eigenvalue weighted by molar-refractivity contribution is 0.432. The highest BCUT2D eigenvalue weighted by Gasteiger charge is 2.17. The molecule has 0 amide bonds. The molecule has 0 spiro atoms. The minimum absolute atomic E-state index is 0.134. The second kappa shape index (κ2) is 6.40. The van der Waals surface area contributed by atoms with Crippen molar-refractivity contribution in [2.75, 3.05) is 0 Å². The predicted octanol–water partition coefficient (Wildman–Crippen LogP) is 3.84. The van der Waals surface area contributed by atoms with E-state index >= 15 is 0 Å². The lowest BCUT2D eigenvalue weighted by atomic mass is 10.1. The first-order chi connectivity index (χ1) is 12.6. The summed E-state index contributed by atoms with van der Waals surface area (Å²) in [6.07, 6.45) is 5.65. The molecule has 0 fully saturated rings. The summed E-state index contributed by atoms with van der Waals surface area (Å²) in [6, 6.07) is 6.16. The molecule has 0 unspecified atom stereocenters. The molecule has 0 radical (unpaired) electrons. The summed E-state index contributed by atoms with van der Waals surface area (Å²) < 4.78 is 33.2. The maximum atomic E-state index is 14.5. The highest BCUT2D eigenvalue weighted by molar-refractivity contribution is 5.69. The van der Waals surface area contributed by atoms with E-state index in [1.54, 1.807) is 24.5 Å². The Bertz CT molecular complexity index is 1080. The quantitative estimate of drug-likeness (QED) is 0.558. The van der Waals surface area contributed by atoms with Crippen molar-refractivity contribution in [1.82, 2.24) is 25.1 Å². The van der Waals surface area contributed by atoms with Gasteiger partial charge in [0, 0.05) is 29.7 Å². The van der Waals surface area contributed by atoms with E-state index in [9.17, 15) is 8.78 Å². The van der Waals surface area contributed by atoms with E-state index in [2.05, 4.69) is 25.1 Å². The Morgan fingerprint density at radius 1 is 0.962 bits per heavy atom. The van der Waals surface area contributed by atoms with Gasteiger partial charge in [0.05, 0.1) is 17.5 Å². The second-order valence-corrected chi connectivity index (χ2v) is 5.51. The van der Waals surface area contributed by atoms with Crippen LogP contribution in [0.3, 0.4) is 0 Å². The van der Waals surface area contributed by atoms with Gasteiger partial charge >= 0.3 is 0 Å². The lowest BCUT2D eigenvalue weighted by Gasteiger charge is -2.07. The van der Waals surface area contributed by atoms with Crippen LogP contribution in [0.25, 0.3) is 34.1 Å². The predicted molar refractivity (Wildman–Crippen MR) is 88.6 cm³/mol. The molecule has 6 nitrogen and oxygen atoms in total. The molecule has 0 N–H and O–H groups in total. The molecule has 0 saturated carbocycles. The van der Waals surface area contributed by atoms with Crippen molar-refractivity contribution < 1.29 is 13.3 Å². The second-order valence-electron chi connectivity index (χ2n) is 5.51. The first-order valence-corrected chi connectivity index (χ1v) is 7.64. The molecule has 4 heterocycles. The van der Waals surface area contributed by atoms with Crippen LogP contribution in [0, 0.1) is 18.6 Å². The van der Waals surface area contributed by atoms with Crippen molar-refractivity contribution >= 4 is 0 Å². The third-order valence-corrected chi connectivity index (χ3v) is 3.70. The van der Waals surface area contributed by atoms with Gasteiger partial charge in [-0.2, -0.15) is 4.98 Å². The van der Waals surface area contributed by atoms with Gasteiger partial charge in [-0.1, -0.05) is 5.16 Å². The summed E-state index contributed by atoms with van der Waals surface area (Å²) in [5.74, 6) is -0.656. The van der Waals surface area contributed by atoms with Gasteiger partial charge in [-0.3, -0.25) is 9.97 Å². The Balaban J connectivity index is 1.80. The van der Waals surface area contributed by atoms with Gasteiger partial charge in [0.1, 0.15) is 11.5 Å². The minimum Gasteiger partial charge on any atom is -0.333 e. The van der Waals surface area contributed by atoms with Crippen molar-refractivity contribution in [3.05, 3.63) is 66.4 Å². The fourth-order valence-electron chi connectivity index (χ4n) is 2.47. The van der Waals surface area contributed by atoms with Crippen LogP contribution in [-0.2, 0) is 0 Å². The number of halogens is 2. The Morgan fingerprint density at radius 3 is 2.58 bits per heavy atom. The Hall–Kier alpha value is -3.55. The van der Waals surface area contributed by atoms with Gasteiger partial charge in [0.15, 0.2) is 5.82 Å². The monoisotopic (exact) mass is 351 g/mol. The first-order valence-electron chi connectivity index (χ1n) is 7.64. The zero-order valence-electron chi connectivity index (χ0n) is 13.5. The summed E-state index contributed by atoms with van der Waals surface area (Å²) >= 11 is 0. The van der Waals surface area contributed by atoms with E-state index in [-0.39, 0.29) is 23.0 Å². The molecule has 0 aliphatic heterocycles. The van der Waals surface area contributed by atoms with Crippen LogP contribution in [0.4, 0.5) is 8.78 Å². The van der Waals surface area contributed by atoms with E-state index < -0.39 is 11.6 Å². The Morgan fingerprint density at radius 2 is 1.81 bits per heavy atom. The molecule has 8 heteroatoms. The number of nitrogens with zero attached hydrogens (tertiary/aromatic N) is 5. The zero-order valence-corrected chi connectivity index (χ0v) is 13.5. The molecule has 128 valence electrons. The third-order valence-electron chi connectivity index (χ3n) is 3.70. The average Bonchev–Trinajstić information content (AvgIpc) is 3.15. The average molecular weight is 351 g/mol. The number of aromatic nitrogens is 5. The maximum absolute atomic E-state index is 14.5. The number of hydrogen-bond acceptors (Lipinski definition) is 6. The smallest absolute Gasteiger partial charge is 0.259 e. The lowest BCUT2D eigenvalue weighted by Crippen LogP contribution is -1.97. The third kappa shape index (κ3) is 2.92. The maximum Gasteiger partial charge on any atom is 0.259 e. The van der Waals surface area contributed by atoms with E-state index in [4.69, 9.17) is 4.52 Å². The molecule has 4 aromatic heterocycles. The van der Waals surface area contributed by atoms with Crippen molar-refractivity contribution in [2.45, 2.75) is 6.92 Å². The number of pyridine rings is 3. The van der Waals surface area contributed by atoms with Gasteiger partial charge in [0.2, 0.25) is 5.82 Å². The molecule has 0 aliphatic rings. The molecule has 0 aliphatic carbocycles. The normalized spacial score (nSPS) is 10.9. The molecule has 4 aromatic rings. The summed E-state index contributed by atoms with van der Waals surface area (Å²) in [5, 5.41) is 3.90. The molecule has 4 rings (SSSR count). The van der Waals surface area contributed by atoms with Crippen LogP contribution in [-0.4, -0.2) is 25.1 Å². The molecular formula is C18H11F2N5O. The molecule has 0 aromatic carbocycles. The van der Waals surface area contributed by atoms with Crippen molar-refractivity contribution in [3.63, 3.8) is 0 Å². The summed E-state index contributed by atoms with van der Waals surface area (Å²) in [7, 11) is 0.